The zero-order valence-corrected chi connectivity index (χ0v) is 58.4. The number of rotatable bonds is 29. The van der Waals surface area contributed by atoms with Crippen LogP contribution < -0.4 is 0 Å². The van der Waals surface area contributed by atoms with Gasteiger partial charge in [0.05, 0.1) is 0 Å². The van der Waals surface area contributed by atoms with Crippen LogP contribution in [0.3, 0.4) is 0 Å². The summed E-state index contributed by atoms with van der Waals surface area (Å²) in [5.74, 6) is -5.68. The molecule has 0 nitrogen and oxygen atoms in total. The van der Waals surface area contributed by atoms with Crippen molar-refractivity contribution in [1.29, 1.82) is 0 Å². The first-order valence-corrected chi connectivity index (χ1v) is 36.2. The first kappa shape index (κ1) is 71.9. The summed E-state index contributed by atoms with van der Waals surface area (Å²) in [6.45, 7) is 8.28. The highest BCUT2D eigenvalue weighted by Crippen LogP contribution is 2.57. The number of hydrogen-bond donors (Lipinski definition) is 0. The van der Waals surface area contributed by atoms with Gasteiger partial charge in [-0.05, 0) is 231 Å². The Morgan fingerprint density at radius 1 is 0.284 bits per heavy atom. The van der Waals surface area contributed by atoms with Crippen LogP contribution >= 0.6 is 0 Å². The molecule has 12 aromatic rings. The van der Waals surface area contributed by atoms with Crippen LogP contribution in [0.4, 0.5) is 35.1 Å². The summed E-state index contributed by atoms with van der Waals surface area (Å²) in [7, 11) is 0. The van der Waals surface area contributed by atoms with Gasteiger partial charge in [-0.3, -0.25) is 0 Å². The summed E-state index contributed by atoms with van der Waals surface area (Å²) in [6, 6.07) is 79.0. The Bertz CT molecular complexity index is 4720. The molecule has 102 heavy (non-hydrogen) atoms. The summed E-state index contributed by atoms with van der Waals surface area (Å²) in [4.78, 5) is 0. The SMILES string of the molecule is CCCCCc1ccc(-c2ccc(C(CC(c3ccc(F)cc3)c3ccc(-c4ccc(CCCC)cc4F)cc3)(c3ccc(F)cc3)C(CC(c3ccc(F)cc3)c3ccc(-c4ccc(CCC)cc4F)cc3)C(Cc3ccc(-c4ccc(CC)cc4F)cc3)c3ccc(F)cc3)cc2)c(F)c1. The van der Waals surface area contributed by atoms with Gasteiger partial charge >= 0.3 is 0 Å². The Morgan fingerprint density at radius 3 is 1.01 bits per heavy atom. The van der Waals surface area contributed by atoms with Crippen LogP contribution in [0.2, 0.25) is 0 Å². The van der Waals surface area contributed by atoms with Crippen LogP contribution in [-0.4, -0.2) is 0 Å². The fraction of sp³-hybridized carbons (Fsp3) is 0.234. The molecule has 0 aromatic heterocycles. The Labute approximate surface area is 596 Å². The standard InChI is InChI=1S/C94H86F8/c1-5-9-11-14-65-20-54-85(93(102)59-65)70-31-39-76(40-32-70)94(77-41-49-81(98)50-42-77,61-88(75-37-47-80(97)48-38-75)74-29-25-69(26-30-74)84-53-19-64(13-10-6-2)58-92(84)101)89(87(73-35-45-79(96)46-36-73)55-66-15-21-67(22-16-66)82-51-17-62(8-4)56-90(82)99)60-86(72-33-43-78(95)44-34-72)71-27-23-68(24-28-71)83-52-18-63(12-7-3)57-91(83)100/h15-54,56-59,86-89H,5-14,55,60-61H2,1-4H3. The summed E-state index contributed by atoms with van der Waals surface area (Å²) >= 11 is 0. The molecule has 0 saturated carbocycles. The molecule has 0 aliphatic heterocycles. The second-order valence-electron chi connectivity index (χ2n) is 27.5. The summed E-state index contributed by atoms with van der Waals surface area (Å²) in [5, 5.41) is 0. The quantitative estimate of drug-likeness (QED) is 0.0324. The lowest BCUT2D eigenvalue weighted by Crippen LogP contribution is -2.43. The van der Waals surface area contributed by atoms with Gasteiger partial charge in [-0.1, -0.05) is 248 Å². The maximum absolute atomic E-state index is 16.8. The predicted molar refractivity (Wildman–Crippen MR) is 402 cm³/mol. The Balaban J connectivity index is 1.13. The van der Waals surface area contributed by atoms with Crippen molar-refractivity contribution < 1.29 is 35.1 Å². The van der Waals surface area contributed by atoms with Gasteiger partial charge in [-0.2, -0.15) is 0 Å². The summed E-state index contributed by atoms with van der Waals surface area (Å²) < 4.78 is 129. The van der Waals surface area contributed by atoms with E-state index in [1.54, 1.807) is 54.6 Å². The van der Waals surface area contributed by atoms with Crippen molar-refractivity contribution in [2.75, 3.05) is 0 Å². The molecule has 0 radical (unpaired) electrons. The second kappa shape index (κ2) is 33.3. The van der Waals surface area contributed by atoms with Gasteiger partial charge in [-0.25, -0.2) is 35.1 Å². The molecular weight excluding hydrogens is 1280 g/mol. The topological polar surface area (TPSA) is 0 Å². The van der Waals surface area contributed by atoms with Crippen LogP contribution in [0.5, 0.6) is 0 Å². The minimum absolute atomic E-state index is 0.195. The average Bonchev–Trinajstić information content (AvgIpc) is 0.728. The fourth-order valence-corrected chi connectivity index (χ4v) is 15.4. The summed E-state index contributed by atoms with van der Waals surface area (Å²) in [5.41, 5.74) is 12.8. The third kappa shape index (κ3) is 16.7. The van der Waals surface area contributed by atoms with Crippen molar-refractivity contribution >= 4 is 0 Å². The van der Waals surface area contributed by atoms with E-state index in [1.807, 2.05) is 171 Å². The molecule has 0 fully saturated rings. The molecule has 0 saturated heterocycles. The van der Waals surface area contributed by atoms with Crippen molar-refractivity contribution in [3.63, 3.8) is 0 Å². The number of aryl methyl sites for hydroxylation is 4. The molecule has 518 valence electrons. The normalized spacial score (nSPS) is 13.3. The lowest BCUT2D eigenvalue weighted by Gasteiger charge is -2.49. The van der Waals surface area contributed by atoms with E-state index in [4.69, 9.17) is 0 Å². The van der Waals surface area contributed by atoms with E-state index < -0.39 is 52.4 Å². The van der Waals surface area contributed by atoms with Crippen LogP contribution in [0, 0.1) is 52.5 Å². The van der Waals surface area contributed by atoms with E-state index in [0.29, 0.717) is 62.9 Å². The van der Waals surface area contributed by atoms with Gasteiger partial charge in [0.2, 0.25) is 0 Å². The van der Waals surface area contributed by atoms with Gasteiger partial charge in [0.1, 0.15) is 46.5 Å². The summed E-state index contributed by atoms with van der Waals surface area (Å²) in [6.07, 6.45) is 9.43. The maximum atomic E-state index is 16.8. The zero-order chi connectivity index (χ0) is 71.3. The van der Waals surface area contributed by atoms with Crippen molar-refractivity contribution in [2.24, 2.45) is 5.92 Å². The Hall–Kier alpha value is -9.92. The van der Waals surface area contributed by atoms with E-state index in [9.17, 15) is 0 Å². The van der Waals surface area contributed by atoms with E-state index >= 15 is 35.1 Å². The third-order valence-electron chi connectivity index (χ3n) is 21.0. The van der Waals surface area contributed by atoms with Crippen LogP contribution in [-0.2, 0) is 37.5 Å². The molecule has 0 N–H and O–H groups in total. The van der Waals surface area contributed by atoms with Crippen molar-refractivity contribution in [3.8, 4) is 44.5 Å². The fourth-order valence-electron chi connectivity index (χ4n) is 15.4. The highest BCUT2D eigenvalue weighted by molar-refractivity contribution is 5.69. The lowest BCUT2D eigenvalue weighted by atomic mass is 9.53. The van der Waals surface area contributed by atoms with Crippen molar-refractivity contribution in [1.82, 2.24) is 0 Å². The van der Waals surface area contributed by atoms with Gasteiger partial charge < -0.3 is 0 Å². The van der Waals surface area contributed by atoms with E-state index in [2.05, 4.69) is 20.8 Å². The molecule has 0 bridgehead atoms. The lowest BCUT2D eigenvalue weighted by molar-refractivity contribution is 0.220. The smallest absolute Gasteiger partial charge is 0.131 e. The molecule has 12 aromatic carbocycles. The van der Waals surface area contributed by atoms with Gasteiger partial charge in [-0.15, -0.1) is 0 Å². The van der Waals surface area contributed by atoms with Gasteiger partial charge in [0.25, 0.3) is 0 Å². The average molecular weight is 1370 g/mol. The number of halogens is 8. The minimum atomic E-state index is -1.32. The molecule has 0 heterocycles. The molecule has 0 aliphatic rings. The molecule has 0 amide bonds. The van der Waals surface area contributed by atoms with Gasteiger partial charge in [0, 0.05) is 39.5 Å². The second-order valence-corrected chi connectivity index (χ2v) is 27.5. The first-order chi connectivity index (χ1) is 49.6. The molecule has 8 heteroatoms. The molecule has 0 aliphatic carbocycles. The third-order valence-corrected chi connectivity index (χ3v) is 21.0. The van der Waals surface area contributed by atoms with E-state index in [-0.39, 0.29) is 36.1 Å². The molecule has 5 unspecified atom stereocenters. The zero-order valence-electron chi connectivity index (χ0n) is 58.4. The highest BCUT2D eigenvalue weighted by atomic mass is 19.2. The first-order valence-electron chi connectivity index (χ1n) is 36.2. The largest absolute Gasteiger partial charge is 0.207 e. The minimum Gasteiger partial charge on any atom is -0.207 e. The van der Waals surface area contributed by atoms with Crippen LogP contribution in [0.25, 0.3) is 44.5 Å². The van der Waals surface area contributed by atoms with Crippen molar-refractivity contribution in [2.45, 2.75) is 134 Å². The van der Waals surface area contributed by atoms with Crippen LogP contribution in [0.1, 0.15) is 164 Å². The number of benzene rings is 12. The Kier molecular flexibility index (Phi) is 23.4. The maximum Gasteiger partial charge on any atom is 0.131 e. The highest BCUT2D eigenvalue weighted by Gasteiger charge is 2.49. The number of hydrogen-bond acceptors (Lipinski definition) is 0. The van der Waals surface area contributed by atoms with Gasteiger partial charge in [0.15, 0.2) is 0 Å². The van der Waals surface area contributed by atoms with E-state index in [1.165, 1.54) is 48.5 Å². The molecule has 5 atom stereocenters. The predicted octanol–water partition coefficient (Wildman–Crippen LogP) is 26.4. The Morgan fingerprint density at radius 2 is 0.608 bits per heavy atom. The van der Waals surface area contributed by atoms with Crippen molar-refractivity contribution in [3.05, 3.63) is 380 Å². The molecule has 12 rings (SSSR count). The number of unbranched alkanes of at least 4 members (excludes halogenated alkanes) is 3. The van der Waals surface area contributed by atoms with E-state index in [0.717, 1.165) is 119 Å². The monoisotopic (exact) mass is 1370 g/mol. The van der Waals surface area contributed by atoms with Crippen LogP contribution in [0.15, 0.2) is 267 Å². The molecule has 0 spiro atoms. The molecular formula is C94H86F8.